The Hall–Kier alpha value is -2.33. The maximum atomic E-state index is 12.5. The van der Waals surface area contributed by atoms with Gasteiger partial charge in [-0.3, -0.25) is 4.79 Å². The van der Waals surface area contributed by atoms with Gasteiger partial charge in [-0.1, -0.05) is 30.3 Å². The third-order valence-electron chi connectivity index (χ3n) is 3.41. The minimum atomic E-state index is -0.0410. The molecule has 2 rings (SSSR count). The summed E-state index contributed by atoms with van der Waals surface area (Å²) < 4.78 is 5.15. The van der Waals surface area contributed by atoms with Crippen molar-refractivity contribution in [3.63, 3.8) is 0 Å². The van der Waals surface area contributed by atoms with Crippen molar-refractivity contribution in [2.24, 2.45) is 5.73 Å². The fourth-order valence-electron chi connectivity index (χ4n) is 2.21. The Labute approximate surface area is 125 Å². The molecule has 1 amide bonds. The zero-order valence-electron chi connectivity index (χ0n) is 12.4. The van der Waals surface area contributed by atoms with E-state index in [0.29, 0.717) is 24.4 Å². The van der Waals surface area contributed by atoms with Crippen LogP contribution in [0.2, 0.25) is 0 Å². The van der Waals surface area contributed by atoms with Crippen LogP contribution < -0.4 is 10.5 Å². The average molecular weight is 284 g/mol. The van der Waals surface area contributed by atoms with Gasteiger partial charge in [-0.25, -0.2) is 0 Å². The number of nitrogens with two attached hydrogens (primary N) is 1. The smallest absolute Gasteiger partial charge is 0.254 e. The topological polar surface area (TPSA) is 55.6 Å². The van der Waals surface area contributed by atoms with Crippen LogP contribution in [0.1, 0.15) is 21.5 Å². The maximum absolute atomic E-state index is 12.5. The number of amides is 1. The fourth-order valence-corrected chi connectivity index (χ4v) is 2.21. The minimum Gasteiger partial charge on any atom is -0.497 e. The Morgan fingerprint density at radius 2 is 1.86 bits per heavy atom. The summed E-state index contributed by atoms with van der Waals surface area (Å²) in [7, 11) is 3.37. The molecule has 4 nitrogen and oxygen atoms in total. The summed E-state index contributed by atoms with van der Waals surface area (Å²) in [5, 5.41) is 0. The van der Waals surface area contributed by atoms with Crippen LogP contribution in [-0.2, 0) is 13.1 Å². The van der Waals surface area contributed by atoms with E-state index in [9.17, 15) is 4.79 Å². The summed E-state index contributed by atoms with van der Waals surface area (Å²) in [5.74, 6) is 0.636. The summed E-state index contributed by atoms with van der Waals surface area (Å²) in [4.78, 5) is 14.1. The monoisotopic (exact) mass is 284 g/mol. The quantitative estimate of drug-likeness (QED) is 0.917. The minimum absolute atomic E-state index is 0.0410. The lowest BCUT2D eigenvalue weighted by Crippen LogP contribution is -2.26. The molecule has 2 aromatic rings. The van der Waals surface area contributed by atoms with Crippen LogP contribution in [-0.4, -0.2) is 25.0 Å². The Balaban J connectivity index is 2.15. The summed E-state index contributed by atoms with van der Waals surface area (Å²) in [6, 6.07) is 15.1. The Morgan fingerprint density at radius 3 is 2.52 bits per heavy atom. The molecule has 0 aliphatic rings. The van der Waals surface area contributed by atoms with Crippen molar-refractivity contribution >= 4 is 5.91 Å². The summed E-state index contributed by atoms with van der Waals surface area (Å²) in [5.41, 5.74) is 8.47. The molecule has 0 unspecified atom stereocenters. The van der Waals surface area contributed by atoms with Crippen molar-refractivity contribution in [2.45, 2.75) is 13.1 Å². The first kappa shape index (κ1) is 15.1. The lowest BCUT2D eigenvalue weighted by molar-refractivity contribution is 0.0784. The SMILES string of the molecule is COc1cccc(C(=O)N(C)Cc2ccccc2CN)c1. The number of methoxy groups -OCH3 is 1. The molecular formula is C17H20N2O2. The number of hydrogen-bond acceptors (Lipinski definition) is 3. The van der Waals surface area contributed by atoms with Crippen molar-refractivity contribution in [3.8, 4) is 5.75 Å². The summed E-state index contributed by atoms with van der Waals surface area (Å²) in [6.45, 7) is 1.00. The first-order chi connectivity index (χ1) is 10.2. The van der Waals surface area contributed by atoms with E-state index in [0.717, 1.165) is 11.1 Å². The molecule has 21 heavy (non-hydrogen) atoms. The molecule has 4 heteroatoms. The van der Waals surface area contributed by atoms with Gasteiger partial charge in [0.25, 0.3) is 5.91 Å². The molecule has 0 radical (unpaired) electrons. The van der Waals surface area contributed by atoms with Crippen molar-refractivity contribution in [3.05, 3.63) is 65.2 Å². The van der Waals surface area contributed by atoms with E-state index in [1.54, 1.807) is 31.2 Å². The van der Waals surface area contributed by atoms with Crippen molar-refractivity contribution in [2.75, 3.05) is 14.2 Å². The third-order valence-corrected chi connectivity index (χ3v) is 3.41. The van der Waals surface area contributed by atoms with Gasteiger partial charge >= 0.3 is 0 Å². The van der Waals surface area contributed by atoms with Crippen LogP contribution in [0.25, 0.3) is 0 Å². The first-order valence-corrected chi connectivity index (χ1v) is 6.82. The van der Waals surface area contributed by atoms with Crippen molar-refractivity contribution in [1.82, 2.24) is 4.90 Å². The summed E-state index contributed by atoms with van der Waals surface area (Å²) in [6.07, 6.45) is 0. The second-order valence-electron chi connectivity index (χ2n) is 4.87. The highest BCUT2D eigenvalue weighted by Crippen LogP contribution is 2.16. The highest BCUT2D eigenvalue weighted by atomic mass is 16.5. The molecule has 110 valence electrons. The van der Waals surface area contributed by atoms with Crippen molar-refractivity contribution in [1.29, 1.82) is 0 Å². The van der Waals surface area contributed by atoms with Gasteiger partial charge in [0.1, 0.15) is 5.75 Å². The molecular weight excluding hydrogens is 264 g/mol. The Morgan fingerprint density at radius 1 is 1.14 bits per heavy atom. The van der Waals surface area contributed by atoms with E-state index in [1.807, 2.05) is 36.4 Å². The van der Waals surface area contributed by atoms with E-state index < -0.39 is 0 Å². The van der Waals surface area contributed by atoms with Gasteiger partial charge < -0.3 is 15.4 Å². The zero-order chi connectivity index (χ0) is 15.2. The highest BCUT2D eigenvalue weighted by molar-refractivity contribution is 5.94. The van der Waals surface area contributed by atoms with Gasteiger partial charge in [-0.2, -0.15) is 0 Å². The molecule has 0 saturated carbocycles. The normalized spacial score (nSPS) is 10.2. The van der Waals surface area contributed by atoms with Gasteiger partial charge in [0, 0.05) is 25.7 Å². The highest BCUT2D eigenvalue weighted by Gasteiger charge is 2.13. The molecule has 0 aliphatic carbocycles. The van der Waals surface area contributed by atoms with Crippen LogP contribution in [0, 0.1) is 0 Å². The maximum Gasteiger partial charge on any atom is 0.254 e. The second-order valence-corrected chi connectivity index (χ2v) is 4.87. The number of hydrogen-bond donors (Lipinski definition) is 1. The standard InChI is InChI=1S/C17H20N2O2/c1-19(12-15-7-4-3-6-14(15)11-18)17(20)13-8-5-9-16(10-13)21-2/h3-10H,11-12,18H2,1-2H3. The van der Waals surface area contributed by atoms with Crippen molar-refractivity contribution < 1.29 is 9.53 Å². The first-order valence-electron chi connectivity index (χ1n) is 6.82. The summed E-state index contributed by atoms with van der Waals surface area (Å²) >= 11 is 0. The van der Waals surface area contributed by atoms with E-state index in [2.05, 4.69) is 0 Å². The fraction of sp³-hybridized carbons (Fsp3) is 0.235. The Kier molecular flexibility index (Phi) is 4.95. The van der Waals surface area contributed by atoms with Gasteiger partial charge in [-0.15, -0.1) is 0 Å². The van der Waals surface area contributed by atoms with Gasteiger partial charge in [0.05, 0.1) is 7.11 Å². The predicted octanol–water partition coefficient (Wildman–Crippen LogP) is 2.43. The number of nitrogens with zero attached hydrogens (tertiary/aromatic N) is 1. The molecule has 0 atom stereocenters. The molecule has 0 fully saturated rings. The molecule has 2 N–H and O–H groups in total. The van der Waals surface area contributed by atoms with E-state index in [1.165, 1.54) is 0 Å². The molecule has 0 heterocycles. The number of rotatable bonds is 5. The second kappa shape index (κ2) is 6.90. The molecule has 0 aliphatic heterocycles. The van der Waals surface area contributed by atoms with Crippen LogP contribution in [0.15, 0.2) is 48.5 Å². The number of ether oxygens (including phenoxy) is 1. The number of carbonyl (C=O) groups is 1. The zero-order valence-corrected chi connectivity index (χ0v) is 12.4. The van der Waals surface area contributed by atoms with Crippen LogP contribution >= 0.6 is 0 Å². The molecule has 0 saturated heterocycles. The molecule has 0 aromatic heterocycles. The predicted molar refractivity (Wildman–Crippen MR) is 83.1 cm³/mol. The van der Waals surface area contributed by atoms with Gasteiger partial charge in [0.2, 0.25) is 0 Å². The van der Waals surface area contributed by atoms with Crippen LogP contribution in [0.4, 0.5) is 0 Å². The van der Waals surface area contributed by atoms with Crippen LogP contribution in [0.3, 0.4) is 0 Å². The average Bonchev–Trinajstić information content (AvgIpc) is 2.54. The van der Waals surface area contributed by atoms with E-state index in [-0.39, 0.29) is 5.91 Å². The number of benzene rings is 2. The lowest BCUT2D eigenvalue weighted by Gasteiger charge is -2.19. The Bertz CT molecular complexity index is 626. The molecule has 2 aromatic carbocycles. The molecule has 0 bridgehead atoms. The largest absolute Gasteiger partial charge is 0.497 e. The van der Waals surface area contributed by atoms with Gasteiger partial charge in [0.15, 0.2) is 0 Å². The van der Waals surface area contributed by atoms with Crippen LogP contribution in [0.5, 0.6) is 5.75 Å². The lowest BCUT2D eigenvalue weighted by atomic mass is 10.1. The van der Waals surface area contributed by atoms with Gasteiger partial charge in [-0.05, 0) is 29.3 Å². The van der Waals surface area contributed by atoms with E-state index >= 15 is 0 Å². The van der Waals surface area contributed by atoms with E-state index in [4.69, 9.17) is 10.5 Å². The number of carbonyl (C=O) groups excluding carboxylic acids is 1. The third kappa shape index (κ3) is 3.61. The molecule has 0 spiro atoms.